The van der Waals surface area contributed by atoms with Crippen LogP contribution in [0.4, 0.5) is 0 Å². The third kappa shape index (κ3) is 5.57. The van der Waals surface area contributed by atoms with Crippen molar-refractivity contribution in [1.29, 1.82) is 0 Å². The van der Waals surface area contributed by atoms with Crippen LogP contribution in [0.5, 0.6) is 0 Å². The molecule has 0 bridgehead atoms. The molecule has 3 aliphatic carbocycles. The molecular weight excluding hydrogens is 719 g/mol. The molecule has 0 aliphatic heterocycles. The molecule has 4 aromatic carbocycles. The normalized spacial score (nSPS) is 20.2. The number of allylic oxidation sites excluding steroid dienone is 2. The Bertz CT molecular complexity index is 1910. The zero-order valence-corrected chi connectivity index (χ0v) is 34.9. The summed E-state index contributed by atoms with van der Waals surface area (Å²) in [7, 11) is 17.5. The van der Waals surface area contributed by atoms with Gasteiger partial charge < -0.3 is 0 Å². The fourth-order valence-corrected chi connectivity index (χ4v) is 41.3. The van der Waals surface area contributed by atoms with E-state index in [1.807, 2.05) is 0 Å². The maximum atomic E-state index is 8.73. The number of benzene rings is 4. The van der Waals surface area contributed by atoms with Crippen molar-refractivity contribution in [3.8, 4) is 22.3 Å². The van der Waals surface area contributed by atoms with Crippen molar-refractivity contribution in [2.75, 3.05) is 0 Å². The van der Waals surface area contributed by atoms with E-state index in [4.69, 9.17) is 17.0 Å². The standard InChI is InChI=1S/C23H25.C19H19.C2H7Si.2ClH.Zr/c1-16(2)17-10-12-19(13-11-17)22-9-5-8-20-14-21(15-23(20)22)18-6-3-4-7-18;1-13(2)15-7-9-16(10-8-15)18-6-4-5-17-11-14(3)12-19(17)18;1-3-2;;;/h5,8-16,18H,3-4,6-7H2,1-2H3;4-13H,1-3H3;3H,1-2H3;2*1H;/q;;;;;+2/p-2. The summed E-state index contributed by atoms with van der Waals surface area (Å²) in [6.07, 6.45) is 10.1. The van der Waals surface area contributed by atoms with Crippen LogP contribution in [0, 0.1) is 5.92 Å². The van der Waals surface area contributed by atoms with Crippen LogP contribution in [0.1, 0.15) is 113 Å². The molecule has 4 heteroatoms. The van der Waals surface area contributed by atoms with E-state index in [1.165, 1.54) is 86.9 Å². The molecule has 1 saturated carbocycles. The quantitative estimate of drug-likeness (QED) is 0.157. The first-order valence-corrected chi connectivity index (χ1v) is 34.6. The van der Waals surface area contributed by atoms with Gasteiger partial charge in [0.1, 0.15) is 0 Å². The summed E-state index contributed by atoms with van der Waals surface area (Å²) in [4.78, 5) is 0. The van der Waals surface area contributed by atoms with E-state index < -0.39 is 21.5 Å². The predicted octanol–water partition coefficient (Wildman–Crippen LogP) is 14.0. The van der Waals surface area contributed by atoms with Gasteiger partial charge in [0.2, 0.25) is 0 Å². The van der Waals surface area contributed by atoms with Crippen LogP contribution < -0.4 is 0 Å². The third-order valence-electron chi connectivity index (χ3n) is 12.2. The topological polar surface area (TPSA) is 0 Å². The van der Waals surface area contributed by atoms with Gasteiger partial charge in [0.25, 0.3) is 0 Å². The van der Waals surface area contributed by atoms with E-state index in [9.17, 15) is 0 Å². The molecule has 7 rings (SSSR count). The van der Waals surface area contributed by atoms with Crippen molar-refractivity contribution in [3.05, 3.63) is 129 Å². The summed E-state index contributed by atoms with van der Waals surface area (Å²) in [6.45, 7) is 16.3. The van der Waals surface area contributed by atoms with E-state index in [2.05, 4.69) is 145 Å². The SMILES string of the molecule is CC1=Cc2c(-c3ccc(C(C)C)cc3)cccc2[CH]1[Zr]([Cl])([Cl])([CH]1C(C2CCCC2)=Cc2c(-c3ccc(C(C)C)cc3)cccc21)[SiH](C)C. The summed E-state index contributed by atoms with van der Waals surface area (Å²) in [6, 6.07) is 32.3. The molecule has 1 fully saturated rings. The van der Waals surface area contributed by atoms with Crippen LogP contribution in [0.2, 0.25) is 13.1 Å². The second-order valence-electron chi connectivity index (χ2n) is 15.9. The Labute approximate surface area is 298 Å². The van der Waals surface area contributed by atoms with Crippen molar-refractivity contribution in [2.45, 2.75) is 92.5 Å². The summed E-state index contributed by atoms with van der Waals surface area (Å²) < 4.78 is 0.253. The number of fused-ring (bicyclic) bond motifs is 2. The van der Waals surface area contributed by atoms with Gasteiger partial charge in [-0.15, -0.1) is 0 Å². The molecule has 4 aromatic rings. The van der Waals surface area contributed by atoms with Gasteiger partial charge in [-0.2, -0.15) is 0 Å². The van der Waals surface area contributed by atoms with Gasteiger partial charge in [0.05, 0.1) is 0 Å². The summed E-state index contributed by atoms with van der Waals surface area (Å²) >= 11 is -4.81. The van der Waals surface area contributed by atoms with E-state index in [-0.39, 0.29) is 7.25 Å². The van der Waals surface area contributed by atoms with E-state index in [0.29, 0.717) is 17.8 Å². The summed E-state index contributed by atoms with van der Waals surface area (Å²) in [5, 5.41) is 0. The first-order valence-electron chi connectivity index (χ1n) is 18.3. The van der Waals surface area contributed by atoms with Gasteiger partial charge in [-0.1, -0.05) is 0 Å². The van der Waals surface area contributed by atoms with Crippen LogP contribution in [0.15, 0.2) is 96.1 Å². The predicted molar refractivity (Wildman–Crippen MR) is 212 cm³/mol. The minimum absolute atomic E-state index is 0.112. The zero-order valence-electron chi connectivity index (χ0n) is 29.8. The molecule has 0 spiro atoms. The second kappa shape index (κ2) is 13.0. The van der Waals surface area contributed by atoms with Crippen molar-refractivity contribution in [3.63, 3.8) is 0 Å². The van der Waals surface area contributed by atoms with Gasteiger partial charge in [-0.3, -0.25) is 0 Å². The van der Waals surface area contributed by atoms with Crippen molar-refractivity contribution < 1.29 is 15.6 Å². The maximum absolute atomic E-state index is 8.73. The average Bonchev–Trinajstić information content (AvgIpc) is 3.82. The Kier molecular flexibility index (Phi) is 9.33. The Morgan fingerprint density at radius 3 is 1.54 bits per heavy atom. The molecule has 3 aliphatic rings. The van der Waals surface area contributed by atoms with E-state index in [1.54, 1.807) is 5.57 Å². The molecule has 0 radical (unpaired) electrons. The molecule has 0 amide bonds. The minimum atomic E-state index is -4.81. The fraction of sp³-hybridized carbons (Fsp3) is 0.364. The molecule has 2 atom stereocenters. The second-order valence-corrected chi connectivity index (χ2v) is 58.4. The monoisotopic (exact) mass is 767 g/mol. The Morgan fingerprint density at radius 2 is 1.08 bits per heavy atom. The molecule has 0 aromatic heterocycles. The summed E-state index contributed by atoms with van der Waals surface area (Å²) in [5.74, 6) is -0.0219. The van der Waals surface area contributed by atoms with Gasteiger partial charge >= 0.3 is 301 Å². The average molecular weight is 770 g/mol. The van der Waals surface area contributed by atoms with Crippen LogP contribution in [-0.4, -0.2) is 5.92 Å². The molecule has 0 N–H and O–H groups in total. The Balaban J connectivity index is 1.40. The van der Waals surface area contributed by atoms with E-state index in [0.717, 1.165) is 0 Å². The molecule has 2 unspecified atom stereocenters. The van der Waals surface area contributed by atoms with Gasteiger partial charge in [-0.25, -0.2) is 0 Å². The van der Waals surface area contributed by atoms with Crippen molar-refractivity contribution >= 4 is 35.1 Å². The molecular formula is C44H51Cl2SiZr. The number of halogens is 2. The Morgan fingerprint density at radius 1 is 0.625 bits per heavy atom. The van der Waals surface area contributed by atoms with Gasteiger partial charge in [-0.05, 0) is 0 Å². The number of hydrogen-bond acceptors (Lipinski definition) is 0. The fourth-order valence-electron chi connectivity index (χ4n) is 9.37. The molecule has 48 heavy (non-hydrogen) atoms. The number of rotatable bonds is 8. The van der Waals surface area contributed by atoms with Crippen LogP contribution in [-0.2, 0) is 15.6 Å². The zero-order chi connectivity index (χ0) is 34.0. The van der Waals surface area contributed by atoms with Crippen molar-refractivity contribution in [1.82, 2.24) is 0 Å². The summed E-state index contributed by atoms with van der Waals surface area (Å²) in [5.41, 5.74) is 16.3. The van der Waals surface area contributed by atoms with Crippen LogP contribution in [0.25, 0.3) is 34.4 Å². The molecule has 0 saturated heterocycles. The van der Waals surface area contributed by atoms with Gasteiger partial charge in [0, 0.05) is 0 Å². The first kappa shape index (κ1) is 34.5. The van der Waals surface area contributed by atoms with Crippen LogP contribution >= 0.6 is 17.0 Å². The number of hydrogen-bond donors (Lipinski definition) is 0. The third-order valence-corrected chi connectivity index (χ3v) is 64.1. The molecule has 249 valence electrons. The molecule has 0 heterocycles. The van der Waals surface area contributed by atoms with Gasteiger partial charge in [0.15, 0.2) is 0 Å². The molecule has 0 nitrogen and oxygen atoms in total. The van der Waals surface area contributed by atoms with E-state index >= 15 is 0 Å². The first-order chi connectivity index (χ1) is 22.9. The van der Waals surface area contributed by atoms with Crippen LogP contribution in [0.3, 0.4) is 0 Å². The Hall–Kier alpha value is -1.96. The van der Waals surface area contributed by atoms with Crippen molar-refractivity contribution in [2.24, 2.45) is 5.92 Å².